The van der Waals surface area contributed by atoms with Crippen molar-refractivity contribution in [3.63, 3.8) is 0 Å². The summed E-state index contributed by atoms with van der Waals surface area (Å²) in [4.78, 5) is 11.1. The summed E-state index contributed by atoms with van der Waals surface area (Å²) in [6.07, 6.45) is 6.81. The van der Waals surface area contributed by atoms with Gasteiger partial charge in [-0.25, -0.2) is 4.98 Å². The molecule has 0 saturated heterocycles. The molecule has 0 aliphatic rings. The summed E-state index contributed by atoms with van der Waals surface area (Å²) in [5.74, 6) is 0.956. The predicted octanol–water partition coefficient (Wildman–Crippen LogP) is 2.79. The number of nitrogens with zero attached hydrogens (tertiary/aromatic N) is 4. The van der Waals surface area contributed by atoms with Crippen LogP contribution in [-0.2, 0) is 7.05 Å². The molecule has 3 aromatic heterocycles. The maximum Gasteiger partial charge on any atom is 0.136 e. The molecule has 5 heteroatoms. The van der Waals surface area contributed by atoms with Gasteiger partial charge in [0.2, 0.25) is 0 Å². The summed E-state index contributed by atoms with van der Waals surface area (Å²) in [5.41, 5.74) is 3.61. The van der Waals surface area contributed by atoms with Gasteiger partial charge >= 0.3 is 0 Å². The number of anilines is 1. The van der Waals surface area contributed by atoms with Gasteiger partial charge in [-0.1, -0.05) is 0 Å². The van der Waals surface area contributed by atoms with Crippen molar-refractivity contribution in [1.82, 2.24) is 19.4 Å². The number of aryl methyl sites for hydroxylation is 2. The molecule has 116 valence electrons. The van der Waals surface area contributed by atoms with Crippen LogP contribution in [-0.4, -0.2) is 46.6 Å². The fraction of sp³-hybridized carbons (Fsp3) is 0.412. The van der Waals surface area contributed by atoms with Gasteiger partial charge in [-0.2, -0.15) is 0 Å². The Labute approximate surface area is 131 Å². The van der Waals surface area contributed by atoms with Gasteiger partial charge in [0, 0.05) is 37.6 Å². The van der Waals surface area contributed by atoms with E-state index < -0.39 is 0 Å². The third-order valence-electron chi connectivity index (χ3n) is 4.07. The van der Waals surface area contributed by atoms with E-state index in [1.165, 1.54) is 22.0 Å². The molecule has 0 spiro atoms. The van der Waals surface area contributed by atoms with E-state index in [-0.39, 0.29) is 0 Å². The van der Waals surface area contributed by atoms with Crippen LogP contribution in [0.15, 0.2) is 24.7 Å². The average Bonchev–Trinajstić information content (AvgIpc) is 2.81. The van der Waals surface area contributed by atoms with Crippen LogP contribution < -0.4 is 5.32 Å². The second-order valence-corrected chi connectivity index (χ2v) is 6.05. The second-order valence-electron chi connectivity index (χ2n) is 6.05. The minimum atomic E-state index is 0.917. The van der Waals surface area contributed by atoms with Gasteiger partial charge in [-0.3, -0.25) is 4.98 Å². The lowest BCUT2D eigenvalue weighted by Gasteiger charge is -2.11. The molecule has 0 bridgehead atoms. The molecule has 22 heavy (non-hydrogen) atoms. The zero-order valence-electron chi connectivity index (χ0n) is 13.7. The number of pyridine rings is 2. The molecule has 3 heterocycles. The first kappa shape index (κ1) is 14.8. The quantitative estimate of drug-likeness (QED) is 0.736. The lowest BCUT2D eigenvalue weighted by atomic mass is 10.1. The van der Waals surface area contributed by atoms with E-state index in [1.807, 2.05) is 18.6 Å². The lowest BCUT2D eigenvalue weighted by Crippen LogP contribution is -2.16. The smallest absolute Gasteiger partial charge is 0.136 e. The third kappa shape index (κ3) is 2.52. The molecule has 0 unspecified atom stereocenters. The Bertz CT molecular complexity index is 804. The minimum absolute atomic E-state index is 0.917. The zero-order valence-corrected chi connectivity index (χ0v) is 13.7. The number of hydrogen-bond acceptors (Lipinski definition) is 4. The fourth-order valence-electron chi connectivity index (χ4n) is 3.01. The molecule has 0 amide bonds. The second kappa shape index (κ2) is 5.93. The first-order valence-electron chi connectivity index (χ1n) is 7.66. The van der Waals surface area contributed by atoms with Crippen molar-refractivity contribution in [2.24, 2.45) is 7.05 Å². The van der Waals surface area contributed by atoms with Crippen LogP contribution in [0.5, 0.6) is 0 Å². The number of nitrogens with one attached hydrogen (secondary N) is 1. The van der Waals surface area contributed by atoms with E-state index in [9.17, 15) is 0 Å². The van der Waals surface area contributed by atoms with Gasteiger partial charge in [-0.05, 0) is 45.6 Å². The molecule has 0 atom stereocenters. The molecule has 0 saturated carbocycles. The van der Waals surface area contributed by atoms with Crippen LogP contribution in [0.3, 0.4) is 0 Å². The highest BCUT2D eigenvalue weighted by atomic mass is 15.1. The van der Waals surface area contributed by atoms with E-state index in [4.69, 9.17) is 0 Å². The van der Waals surface area contributed by atoms with Gasteiger partial charge in [0.25, 0.3) is 0 Å². The van der Waals surface area contributed by atoms with Crippen LogP contribution >= 0.6 is 0 Å². The monoisotopic (exact) mass is 297 g/mol. The highest BCUT2D eigenvalue weighted by molar-refractivity contribution is 6.13. The van der Waals surface area contributed by atoms with Crippen LogP contribution in [0, 0.1) is 6.92 Å². The molecule has 1 N–H and O–H groups in total. The minimum Gasteiger partial charge on any atom is -0.369 e. The normalized spacial score (nSPS) is 11.7. The molecular formula is C17H23N5. The Morgan fingerprint density at radius 3 is 2.86 bits per heavy atom. The Hall–Kier alpha value is -2.14. The summed E-state index contributed by atoms with van der Waals surface area (Å²) in [7, 11) is 6.30. The summed E-state index contributed by atoms with van der Waals surface area (Å²) >= 11 is 0. The molecule has 3 rings (SSSR count). The standard InChI is InChI=1S/C17H23N5/c1-12-10-20-17(19-7-5-9-21(2)3)15-13-11-18-8-6-14(13)22(4)16(12)15/h6,8,10-11H,5,7,9H2,1-4H3,(H,19,20). The summed E-state index contributed by atoms with van der Waals surface area (Å²) in [6, 6.07) is 2.06. The molecular weight excluding hydrogens is 274 g/mol. The van der Waals surface area contributed by atoms with Crippen molar-refractivity contribution in [3.8, 4) is 0 Å². The van der Waals surface area contributed by atoms with Gasteiger partial charge in [0.15, 0.2) is 0 Å². The van der Waals surface area contributed by atoms with E-state index in [2.05, 4.69) is 58.9 Å². The van der Waals surface area contributed by atoms with Gasteiger partial charge in [0.05, 0.1) is 16.4 Å². The largest absolute Gasteiger partial charge is 0.369 e. The molecule has 0 aromatic carbocycles. The average molecular weight is 297 g/mol. The predicted molar refractivity (Wildman–Crippen MR) is 92.4 cm³/mol. The van der Waals surface area contributed by atoms with Crippen LogP contribution in [0.4, 0.5) is 5.82 Å². The maximum absolute atomic E-state index is 4.62. The summed E-state index contributed by atoms with van der Waals surface area (Å²) < 4.78 is 2.23. The van der Waals surface area contributed by atoms with Crippen molar-refractivity contribution in [1.29, 1.82) is 0 Å². The van der Waals surface area contributed by atoms with E-state index in [1.54, 1.807) is 0 Å². The number of aromatic nitrogens is 3. The number of fused-ring (bicyclic) bond motifs is 3. The van der Waals surface area contributed by atoms with Crippen LogP contribution in [0.2, 0.25) is 0 Å². The molecule has 0 aliphatic heterocycles. The summed E-state index contributed by atoms with van der Waals surface area (Å²) in [6.45, 7) is 4.09. The van der Waals surface area contributed by atoms with Crippen LogP contribution in [0.1, 0.15) is 12.0 Å². The van der Waals surface area contributed by atoms with Crippen molar-refractivity contribution in [2.75, 3.05) is 32.5 Å². The Kier molecular flexibility index (Phi) is 3.98. The third-order valence-corrected chi connectivity index (χ3v) is 4.07. The van der Waals surface area contributed by atoms with Crippen molar-refractivity contribution in [3.05, 3.63) is 30.2 Å². The van der Waals surface area contributed by atoms with Crippen molar-refractivity contribution in [2.45, 2.75) is 13.3 Å². The van der Waals surface area contributed by atoms with Crippen molar-refractivity contribution < 1.29 is 0 Å². The van der Waals surface area contributed by atoms with E-state index in [0.717, 1.165) is 30.7 Å². The fourth-order valence-corrected chi connectivity index (χ4v) is 3.01. The van der Waals surface area contributed by atoms with Crippen molar-refractivity contribution >= 4 is 27.6 Å². The highest BCUT2D eigenvalue weighted by Crippen LogP contribution is 2.33. The first-order valence-corrected chi connectivity index (χ1v) is 7.66. The topological polar surface area (TPSA) is 46.0 Å². The highest BCUT2D eigenvalue weighted by Gasteiger charge is 2.14. The Balaban J connectivity index is 2.04. The summed E-state index contributed by atoms with van der Waals surface area (Å²) in [5, 5.41) is 5.83. The van der Waals surface area contributed by atoms with E-state index >= 15 is 0 Å². The van der Waals surface area contributed by atoms with Gasteiger partial charge in [-0.15, -0.1) is 0 Å². The first-order chi connectivity index (χ1) is 10.6. The molecule has 0 radical (unpaired) electrons. The molecule has 3 aromatic rings. The number of hydrogen-bond donors (Lipinski definition) is 1. The van der Waals surface area contributed by atoms with Crippen LogP contribution in [0.25, 0.3) is 21.8 Å². The van der Waals surface area contributed by atoms with Gasteiger partial charge in [0.1, 0.15) is 5.82 Å². The SMILES string of the molecule is Cc1cnc(NCCCN(C)C)c2c3cnccc3n(C)c12. The molecule has 5 nitrogen and oxygen atoms in total. The lowest BCUT2D eigenvalue weighted by molar-refractivity contribution is 0.405. The maximum atomic E-state index is 4.62. The molecule has 0 aliphatic carbocycles. The van der Waals surface area contributed by atoms with Gasteiger partial charge < -0.3 is 14.8 Å². The Morgan fingerprint density at radius 2 is 2.09 bits per heavy atom. The zero-order chi connectivity index (χ0) is 15.7. The Morgan fingerprint density at radius 1 is 1.27 bits per heavy atom. The molecule has 0 fully saturated rings. The van der Waals surface area contributed by atoms with E-state index in [0.29, 0.717) is 0 Å². The number of rotatable bonds is 5.